The fraction of sp³-hybridized carbons (Fsp3) is 0.538. The number of methoxy groups -OCH3 is 1. The van der Waals surface area contributed by atoms with E-state index in [-0.39, 0.29) is 16.7 Å². The van der Waals surface area contributed by atoms with Crippen molar-refractivity contribution >= 4 is 11.4 Å². The van der Waals surface area contributed by atoms with Crippen LogP contribution in [-0.4, -0.2) is 24.7 Å². The third-order valence-corrected chi connectivity index (χ3v) is 3.38. The van der Waals surface area contributed by atoms with Crippen LogP contribution in [0, 0.1) is 23.0 Å². The van der Waals surface area contributed by atoms with Crippen LogP contribution in [0.4, 0.5) is 11.4 Å². The molecule has 98 valence electrons. The second-order valence-electron chi connectivity index (χ2n) is 4.75. The van der Waals surface area contributed by atoms with Crippen LogP contribution in [0.5, 0.6) is 0 Å². The number of hydrogen-bond acceptors (Lipinski definition) is 4. The summed E-state index contributed by atoms with van der Waals surface area (Å²) in [7, 11) is 1.68. The van der Waals surface area contributed by atoms with E-state index in [0.717, 1.165) is 5.69 Å². The van der Waals surface area contributed by atoms with Gasteiger partial charge in [0, 0.05) is 24.4 Å². The topological polar surface area (TPSA) is 64.4 Å². The lowest BCUT2D eigenvalue weighted by molar-refractivity contribution is -0.385. The van der Waals surface area contributed by atoms with Gasteiger partial charge in [-0.3, -0.25) is 10.1 Å². The predicted octanol–water partition coefficient (Wildman–Crippen LogP) is 2.74. The van der Waals surface area contributed by atoms with E-state index in [9.17, 15) is 10.1 Å². The largest absolute Gasteiger partial charge is 0.383 e. The summed E-state index contributed by atoms with van der Waals surface area (Å²) < 4.78 is 5.20. The van der Waals surface area contributed by atoms with Crippen LogP contribution in [0.15, 0.2) is 18.2 Å². The molecule has 5 heteroatoms. The zero-order chi connectivity index (χ0) is 13.1. The van der Waals surface area contributed by atoms with Crippen LogP contribution in [0.1, 0.15) is 18.4 Å². The molecule has 1 N–H and O–H groups in total. The van der Waals surface area contributed by atoms with E-state index in [4.69, 9.17) is 4.74 Å². The molecule has 5 nitrogen and oxygen atoms in total. The van der Waals surface area contributed by atoms with Crippen LogP contribution >= 0.6 is 0 Å². The molecular weight excluding hydrogens is 232 g/mol. The Labute approximate surface area is 106 Å². The molecule has 2 rings (SSSR count). The van der Waals surface area contributed by atoms with Gasteiger partial charge in [0.15, 0.2) is 0 Å². The summed E-state index contributed by atoms with van der Waals surface area (Å²) in [5.74, 6) is 0.628. The van der Waals surface area contributed by atoms with Crippen LogP contribution in [0.25, 0.3) is 0 Å². The lowest BCUT2D eigenvalue weighted by Gasteiger charge is -2.19. The average molecular weight is 250 g/mol. The van der Waals surface area contributed by atoms with E-state index in [2.05, 4.69) is 5.32 Å². The van der Waals surface area contributed by atoms with Crippen LogP contribution in [0.2, 0.25) is 0 Å². The van der Waals surface area contributed by atoms with Gasteiger partial charge in [-0.25, -0.2) is 0 Å². The summed E-state index contributed by atoms with van der Waals surface area (Å²) in [6.45, 7) is 2.41. The molecule has 0 heterocycles. The monoisotopic (exact) mass is 250 g/mol. The van der Waals surface area contributed by atoms with Gasteiger partial charge in [0.1, 0.15) is 0 Å². The molecule has 1 aliphatic carbocycles. The zero-order valence-corrected chi connectivity index (χ0v) is 10.7. The molecule has 0 aliphatic heterocycles. The van der Waals surface area contributed by atoms with E-state index < -0.39 is 0 Å². The number of nitro benzene ring substituents is 1. The van der Waals surface area contributed by atoms with E-state index in [1.54, 1.807) is 20.1 Å². The molecule has 0 aromatic heterocycles. The molecule has 1 fully saturated rings. The summed E-state index contributed by atoms with van der Waals surface area (Å²) in [6.07, 6.45) is 2.41. The maximum absolute atomic E-state index is 10.9. The fourth-order valence-electron chi connectivity index (χ4n) is 2.15. The normalized spacial score (nSPS) is 16.3. The predicted molar refractivity (Wildman–Crippen MR) is 69.8 cm³/mol. The number of nitrogens with one attached hydrogen (secondary N) is 1. The van der Waals surface area contributed by atoms with Crippen LogP contribution in [-0.2, 0) is 4.74 Å². The minimum atomic E-state index is -0.344. The Hall–Kier alpha value is -1.62. The van der Waals surface area contributed by atoms with E-state index in [1.807, 2.05) is 6.07 Å². The highest BCUT2D eigenvalue weighted by Crippen LogP contribution is 2.35. The van der Waals surface area contributed by atoms with Crippen molar-refractivity contribution in [3.05, 3.63) is 33.9 Å². The summed E-state index contributed by atoms with van der Waals surface area (Å²) in [5.41, 5.74) is 1.68. The summed E-state index contributed by atoms with van der Waals surface area (Å²) in [5, 5.41) is 14.3. The van der Waals surface area contributed by atoms with Gasteiger partial charge in [0.2, 0.25) is 0 Å². The third kappa shape index (κ3) is 2.79. The molecule has 0 bridgehead atoms. The smallest absolute Gasteiger partial charge is 0.274 e. The minimum absolute atomic E-state index is 0.159. The molecule has 1 aromatic carbocycles. The molecule has 0 amide bonds. The fourth-order valence-corrected chi connectivity index (χ4v) is 2.15. The molecule has 1 aromatic rings. The Kier molecular flexibility index (Phi) is 3.81. The summed E-state index contributed by atoms with van der Waals surface area (Å²) >= 11 is 0. The number of hydrogen-bond donors (Lipinski definition) is 1. The van der Waals surface area contributed by atoms with Crippen molar-refractivity contribution in [3.8, 4) is 0 Å². The molecule has 1 aliphatic rings. The van der Waals surface area contributed by atoms with Gasteiger partial charge in [0.05, 0.1) is 17.6 Å². The molecule has 18 heavy (non-hydrogen) atoms. The first-order valence-electron chi connectivity index (χ1n) is 6.13. The number of nitro groups is 1. The molecular formula is C13H18N2O3. The molecule has 1 unspecified atom stereocenters. The van der Waals surface area contributed by atoms with Crippen molar-refractivity contribution < 1.29 is 9.66 Å². The standard InChI is InChI=1S/C13H18N2O3/c1-9-11(4-3-5-13(9)15(16)17)14-12(8-18-2)10-6-7-10/h3-5,10,12,14H,6-8H2,1-2H3. The molecule has 0 radical (unpaired) electrons. The Bertz CT molecular complexity index is 444. The lowest BCUT2D eigenvalue weighted by Crippen LogP contribution is -2.27. The van der Waals surface area contributed by atoms with E-state index in [1.165, 1.54) is 18.9 Å². The Morgan fingerprint density at radius 1 is 1.56 bits per heavy atom. The summed E-state index contributed by atoms with van der Waals surface area (Å²) in [6, 6.07) is 5.37. The second kappa shape index (κ2) is 5.35. The van der Waals surface area contributed by atoms with E-state index >= 15 is 0 Å². The molecule has 0 spiro atoms. The van der Waals surface area contributed by atoms with E-state index in [0.29, 0.717) is 18.1 Å². The van der Waals surface area contributed by atoms with Crippen molar-refractivity contribution in [1.29, 1.82) is 0 Å². The van der Waals surface area contributed by atoms with Gasteiger partial charge in [-0.05, 0) is 31.7 Å². The summed E-state index contributed by atoms with van der Waals surface area (Å²) in [4.78, 5) is 10.5. The lowest BCUT2D eigenvalue weighted by atomic mass is 10.1. The van der Waals surface area contributed by atoms with Crippen molar-refractivity contribution in [1.82, 2.24) is 0 Å². The van der Waals surface area contributed by atoms with Gasteiger partial charge in [-0.1, -0.05) is 6.07 Å². The highest BCUT2D eigenvalue weighted by molar-refractivity contribution is 5.60. The van der Waals surface area contributed by atoms with Gasteiger partial charge in [0.25, 0.3) is 5.69 Å². The highest BCUT2D eigenvalue weighted by Gasteiger charge is 2.31. The minimum Gasteiger partial charge on any atom is -0.383 e. The molecule has 1 atom stereocenters. The first kappa shape index (κ1) is 12.8. The first-order chi connectivity index (χ1) is 8.63. The Morgan fingerprint density at radius 3 is 2.83 bits per heavy atom. The maximum atomic E-state index is 10.9. The van der Waals surface area contributed by atoms with Crippen molar-refractivity contribution in [3.63, 3.8) is 0 Å². The molecule has 0 saturated heterocycles. The second-order valence-corrected chi connectivity index (χ2v) is 4.75. The van der Waals surface area contributed by atoms with Crippen molar-refractivity contribution in [2.45, 2.75) is 25.8 Å². The first-order valence-corrected chi connectivity index (χ1v) is 6.13. The quantitative estimate of drug-likeness (QED) is 0.622. The number of rotatable bonds is 6. The van der Waals surface area contributed by atoms with Gasteiger partial charge in [-0.2, -0.15) is 0 Å². The number of nitrogens with zero attached hydrogens (tertiary/aromatic N) is 1. The maximum Gasteiger partial charge on any atom is 0.274 e. The Morgan fingerprint density at radius 2 is 2.28 bits per heavy atom. The van der Waals surface area contributed by atoms with Gasteiger partial charge in [-0.15, -0.1) is 0 Å². The van der Waals surface area contributed by atoms with Gasteiger partial charge >= 0.3 is 0 Å². The Balaban J connectivity index is 2.17. The van der Waals surface area contributed by atoms with Crippen LogP contribution < -0.4 is 5.32 Å². The highest BCUT2D eigenvalue weighted by atomic mass is 16.6. The van der Waals surface area contributed by atoms with Crippen molar-refractivity contribution in [2.24, 2.45) is 5.92 Å². The average Bonchev–Trinajstić information content (AvgIpc) is 3.14. The molecule has 1 saturated carbocycles. The number of ether oxygens (including phenoxy) is 1. The third-order valence-electron chi connectivity index (χ3n) is 3.38. The zero-order valence-electron chi connectivity index (χ0n) is 10.7. The number of anilines is 1. The SMILES string of the molecule is COCC(Nc1cccc([N+](=O)[O-])c1C)C1CC1. The van der Waals surface area contributed by atoms with Crippen molar-refractivity contribution in [2.75, 3.05) is 19.0 Å². The van der Waals surface area contributed by atoms with Gasteiger partial charge < -0.3 is 10.1 Å². The van der Waals surface area contributed by atoms with Crippen LogP contribution in [0.3, 0.4) is 0 Å². The number of benzene rings is 1.